The Labute approximate surface area is 164 Å². The quantitative estimate of drug-likeness (QED) is 0.772. The Morgan fingerprint density at radius 3 is 2.57 bits per heavy atom. The summed E-state index contributed by atoms with van der Waals surface area (Å²) in [5.41, 5.74) is 3.48. The van der Waals surface area contributed by atoms with E-state index in [0.717, 1.165) is 21.0 Å². The molecule has 0 spiro atoms. The van der Waals surface area contributed by atoms with Crippen LogP contribution in [0.2, 0.25) is 0 Å². The fraction of sp³-hybridized carbons (Fsp3) is 0.300. The largest absolute Gasteiger partial charge is 0.351 e. The lowest BCUT2D eigenvalue weighted by atomic mass is 10.0. The Balaban J connectivity index is 1.64. The Hall–Kier alpha value is -2.71. The van der Waals surface area contributed by atoms with Crippen molar-refractivity contribution in [2.75, 3.05) is 18.9 Å². The lowest BCUT2D eigenvalue weighted by molar-refractivity contribution is -0.121. The molecular weight excluding hydrogens is 378 g/mol. The molecule has 2 aromatic rings. The third-order valence-corrected chi connectivity index (χ3v) is 6.46. The van der Waals surface area contributed by atoms with Crippen LogP contribution in [0.4, 0.5) is 5.69 Å². The van der Waals surface area contributed by atoms with Crippen LogP contribution in [0, 0.1) is 6.92 Å². The van der Waals surface area contributed by atoms with Crippen LogP contribution < -0.4 is 10.6 Å². The first-order chi connectivity index (χ1) is 13.3. The lowest BCUT2D eigenvalue weighted by Crippen LogP contribution is -2.38. The average Bonchev–Trinajstić information content (AvgIpc) is 2.67. The second kappa shape index (κ2) is 8.12. The molecule has 0 radical (unpaired) electrons. The molecule has 0 saturated heterocycles. The molecule has 148 valence electrons. The van der Waals surface area contributed by atoms with Crippen molar-refractivity contribution in [3.8, 4) is 0 Å². The zero-order valence-electron chi connectivity index (χ0n) is 15.9. The smallest absolute Gasteiger partial charge is 0.243 e. The first kappa shape index (κ1) is 20.0. The maximum absolute atomic E-state index is 12.8. The number of hydrogen-bond acceptors (Lipinski definition) is 4. The highest BCUT2D eigenvalue weighted by atomic mass is 32.2. The van der Waals surface area contributed by atoms with E-state index in [4.69, 9.17) is 0 Å². The van der Waals surface area contributed by atoms with Crippen LogP contribution in [-0.2, 0) is 32.6 Å². The molecule has 8 heteroatoms. The molecule has 1 aliphatic rings. The number of hydrogen-bond donors (Lipinski definition) is 2. The van der Waals surface area contributed by atoms with Crippen LogP contribution in [0.25, 0.3) is 0 Å². The minimum Gasteiger partial charge on any atom is -0.351 e. The SMILES string of the molecule is Cc1ccc(CNC(=O)CN(C)S(=O)(=O)c2ccc3c(c2)CCC(=O)N3)cc1. The topological polar surface area (TPSA) is 95.6 Å². The van der Waals surface area contributed by atoms with Crippen LogP contribution in [-0.4, -0.2) is 38.1 Å². The number of carbonyl (C=O) groups is 2. The number of carbonyl (C=O) groups excluding carboxylic acids is 2. The van der Waals surface area contributed by atoms with Gasteiger partial charge in [0.15, 0.2) is 0 Å². The van der Waals surface area contributed by atoms with Crippen LogP contribution in [0.3, 0.4) is 0 Å². The molecule has 0 unspecified atom stereocenters. The van der Waals surface area contributed by atoms with E-state index in [1.54, 1.807) is 12.1 Å². The number of nitrogens with one attached hydrogen (secondary N) is 2. The number of nitrogens with zero attached hydrogens (tertiary/aromatic N) is 1. The van der Waals surface area contributed by atoms with Crippen molar-refractivity contribution in [1.82, 2.24) is 9.62 Å². The van der Waals surface area contributed by atoms with Crippen molar-refractivity contribution in [2.24, 2.45) is 0 Å². The molecule has 7 nitrogen and oxygen atoms in total. The van der Waals surface area contributed by atoms with E-state index in [-0.39, 0.29) is 23.3 Å². The van der Waals surface area contributed by atoms with Crippen LogP contribution in [0.5, 0.6) is 0 Å². The van der Waals surface area contributed by atoms with Gasteiger partial charge in [-0.05, 0) is 42.7 Å². The molecule has 0 aliphatic carbocycles. The number of rotatable bonds is 6. The standard InChI is InChI=1S/C20H23N3O4S/c1-14-3-5-15(6-4-14)12-21-20(25)13-23(2)28(26,27)17-8-9-18-16(11-17)7-10-19(24)22-18/h3-6,8-9,11H,7,10,12-13H2,1-2H3,(H,21,25)(H,22,24). The first-order valence-corrected chi connectivity index (χ1v) is 10.4. The number of likely N-dealkylation sites (N-methyl/N-ethyl adjacent to an activating group) is 1. The number of fused-ring (bicyclic) bond motifs is 1. The highest BCUT2D eigenvalue weighted by Gasteiger charge is 2.25. The number of anilines is 1. The summed E-state index contributed by atoms with van der Waals surface area (Å²) >= 11 is 0. The van der Waals surface area contributed by atoms with Gasteiger partial charge in [-0.25, -0.2) is 8.42 Å². The summed E-state index contributed by atoms with van der Waals surface area (Å²) in [5, 5.41) is 5.46. The fourth-order valence-electron chi connectivity index (χ4n) is 2.95. The molecule has 0 atom stereocenters. The predicted octanol–water partition coefficient (Wildman–Crippen LogP) is 1.82. The molecule has 2 N–H and O–H groups in total. The molecule has 0 bridgehead atoms. The maximum atomic E-state index is 12.8. The van der Waals surface area contributed by atoms with Crippen LogP contribution in [0.1, 0.15) is 23.1 Å². The summed E-state index contributed by atoms with van der Waals surface area (Å²) in [5.74, 6) is -0.456. The van der Waals surface area contributed by atoms with Gasteiger partial charge in [-0.2, -0.15) is 4.31 Å². The van der Waals surface area contributed by atoms with Gasteiger partial charge in [0.25, 0.3) is 0 Å². The van der Waals surface area contributed by atoms with Crippen molar-refractivity contribution in [3.05, 3.63) is 59.2 Å². The monoisotopic (exact) mass is 401 g/mol. The van der Waals surface area contributed by atoms with Gasteiger partial charge in [-0.1, -0.05) is 29.8 Å². The van der Waals surface area contributed by atoms with E-state index in [0.29, 0.717) is 25.1 Å². The number of amides is 2. The van der Waals surface area contributed by atoms with Gasteiger partial charge in [0, 0.05) is 25.7 Å². The molecule has 1 aliphatic heterocycles. The first-order valence-electron chi connectivity index (χ1n) is 8.97. The van der Waals surface area contributed by atoms with Gasteiger partial charge in [0.2, 0.25) is 21.8 Å². The van der Waals surface area contributed by atoms with Crippen LogP contribution in [0.15, 0.2) is 47.4 Å². The van der Waals surface area contributed by atoms with E-state index in [9.17, 15) is 18.0 Å². The third-order valence-electron chi connectivity index (χ3n) is 4.66. The molecule has 1 heterocycles. The van der Waals surface area contributed by atoms with Gasteiger partial charge in [0.1, 0.15) is 0 Å². The van der Waals surface area contributed by atoms with Crippen molar-refractivity contribution >= 4 is 27.5 Å². The van der Waals surface area contributed by atoms with Gasteiger partial charge in [-0.3, -0.25) is 9.59 Å². The molecule has 28 heavy (non-hydrogen) atoms. The van der Waals surface area contributed by atoms with Gasteiger partial charge >= 0.3 is 0 Å². The highest BCUT2D eigenvalue weighted by Crippen LogP contribution is 2.26. The van der Waals surface area contributed by atoms with E-state index in [1.807, 2.05) is 31.2 Å². The molecule has 0 saturated carbocycles. The molecule has 0 aromatic heterocycles. The van der Waals surface area contributed by atoms with Crippen molar-refractivity contribution < 1.29 is 18.0 Å². The summed E-state index contributed by atoms with van der Waals surface area (Å²) in [4.78, 5) is 23.7. The van der Waals surface area contributed by atoms with Crippen molar-refractivity contribution in [1.29, 1.82) is 0 Å². The van der Waals surface area contributed by atoms with E-state index in [1.165, 1.54) is 13.1 Å². The van der Waals surface area contributed by atoms with E-state index < -0.39 is 10.0 Å². The normalized spacial score (nSPS) is 13.8. The molecule has 0 fully saturated rings. The van der Waals surface area contributed by atoms with Gasteiger partial charge in [-0.15, -0.1) is 0 Å². The molecular formula is C20H23N3O4S. The summed E-state index contributed by atoms with van der Waals surface area (Å²) in [6.45, 7) is 2.05. The third kappa shape index (κ3) is 4.58. The Bertz CT molecular complexity index is 1000. The average molecular weight is 401 g/mol. The predicted molar refractivity (Wildman–Crippen MR) is 106 cm³/mol. The number of aryl methyl sites for hydroxylation is 2. The Morgan fingerprint density at radius 2 is 1.86 bits per heavy atom. The van der Waals surface area contributed by atoms with E-state index >= 15 is 0 Å². The minimum atomic E-state index is -3.81. The number of benzene rings is 2. The highest BCUT2D eigenvalue weighted by molar-refractivity contribution is 7.89. The summed E-state index contributed by atoms with van der Waals surface area (Å²) in [6, 6.07) is 12.3. The number of sulfonamides is 1. The molecule has 3 rings (SSSR count). The second-order valence-corrected chi connectivity index (χ2v) is 8.94. The fourth-order valence-corrected chi connectivity index (χ4v) is 4.13. The van der Waals surface area contributed by atoms with Crippen molar-refractivity contribution in [2.45, 2.75) is 31.2 Å². The minimum absolute atomic E-state index is 0.0783. The summed E-state index contributed by atoms with van der Waals surface area (Å²) < 4.78 is 26.6. The molecule has 2 amide bonds. The van der Waals surface area contributed by atoms with Gasteiger partial charge in [0.05, 0.1) is 11.4 Å². The maximum Gasteiger partial charge on any atom is 0.243 e. The Morgan fingerprint density at radius 1 is 1.14 bits per heavy atom. The summed E-state index contributed by atoms with van der Waals surface area (Å²) in [7, 11) is -2.43. The van der Waals surface area contributed by atoms with Crippen LogP contribution >= 0.6 is 0 Å². The lowest BCUT2D eigenvalue weighted by Gasteiger charge is -2.20. The van der Waals surface area contributed by atoms with E-state index in [2.05, 4.69) is 10.6 Å². The van der Waals surface area contributed by atoms with Crippen molar-refractivity contribution in [3.63, 3.8) is 0 Å². The zero-order valence-corrected chi connectivity index (χ0v) is 16.7. The zero-order chi connectivity index (χ0) is 20.3. The van der Waals surface area contributed by atoms with Gasteiger partial charge < -0.3 is 10.6 Å². The Kier molecular flexibility index (Phi) is 5.81. The molecule has 2 aromatic carbocycles. The summed E-state index contributed by atoms with van der Waals surface area (Å²) in [6.07, 6.45) is 0.818. The second-order valence-electron chi connectivity index (χ2n) is 6.89.